The fourth-order valence-electron chi connectivity index (χ4n) is 2.52. The van der Waals surface area contributed by atoms with Gasteiger partial charge in [0.15, 0.2) is 5.54 Å². The van der Waals surface area contributed by atoms with Crippen LogP contribution in [-0.2, 0) is 39.8 Å². The largest absolute Gasteiger partial charge is 0.479 e. The first-order valence-electron chi connectivity index (χ1n) is 9.73. The summed E-state index contributed by atoms with van der Waals surface area (Å²) < 4.78 is 32.1. The third kappa shape index (κ3) is 9.06. The van der Waals surface area contributed by atoms with Crippen LogP contribution in [0.2, 0.25) is 0 Å². The number of rotatable bonds is 4. The van der Waals surface area contributed by atoms with Gasteiger partial charge in [0.2, 0.25) is 0 Å². The lowest BCUT2D eigenvalue weighted by Gasteiger charge is -2.29. The second-order valence-corrected chi connectivity index (χ2v) is 6.52. The van der Waals surface area contributed by atoms with Crippen LogP contribution < -0.4 is 5.32 Å². The van der Waals surface area contributed by atoms with Crippen molar-refractivity contribution >= 4 is 12.1 Å². The SMILES string of the molecule is O=C(NC1(C(=O)O)COCCOCCOCCOCCOC1)OCc1ccccc1. The van der Waals surface area contributed by atoms with Crippen LogP contribution in [0.25, 0.3) is 0 Å². The number of hydrogen-bond donors (Lipinski definition) is 2. The highest BCUT2D eigenvalue weighted by atomic mass is 16.6. The first kappa shape index (κ1) is 24.0. The van der Waals surface area contributed by atoms with E-state index in [-0.39, 0.29) is 46.2 Å². The van der Waals surface area contributed by atoms with E-state index in [2.05, 4.69) is 5.32 Å². The Hall–Kier alpha value is -2.24. The molecule has 2 rings (SSSR count). The Morgan fingerprint density at radius 1 is 0.833 bits per heavy atom. The zero-order valence-corrected chi connectivity index (χ0v) is 16.9. The number of amides is 1. The molecule has 1 aliphatic rings. The summed E-state index contributed by atoms with van der Waals surface area (Å²) in [5.74, 6) is -1.30. The third-order valence-electron chi connectivity index (χ3n) is 4.15. The molecule has 0 bridgehead atoms. The van der Waals surface area contributed by atoms with Gasteiger partial charge in [-0.3, -0.25) is 0 Å². The molecule has 1 saturated heterocycles. The number of carboxylic acid groups (broad SMARTS) is 1. The highest BCUT2D eigenvalue weighted by molar-refractivity contribution is 5.84. The van der Waals surface area contributed by atoms with E-state index in [0.29, 0.717) is 26.4 Å². The van der Waals surface area contributed by atoms with Crippen LogP contribution in [0.1, 0.15) is 5.56 Å². The first-order valence-corrected chi connectivity index (χ1v) is 9.73. The molecule has 30 heavy (non-hydrogen) atoms. The van der Waals surface area contributed by atoms with Crippen molar-refractivity contribution in [1.29, 1.82) is 0 Å². The Labute approximate surface area is 175 Å². The number of alkyl carbamates (subject to hydrolysis) is 1. The average Bonchev–Trinajstić information content (AvgIpc) is 2.74. The zero-order chi connectivity index (χ0) is 21.5. The Balaban J connectivity index is 1.95. The third-order valence-corrected chi connectivity index (χ3v) is 4.15. The topological polar surface area (TPSA) is 122 Å². The molecule has 1 aliphatic heterocycles. The summed E-state index contributed by atoms with van der Waals surface area (Å²) in [6, 6.07) is 9.06. The lowest BCUT2D eigenvalue weighted by Crippen LogP contribution is -2.61. The minimum absolute atomic E-state index is 0.00778. The molecule has 0 saturated carbocycles. The zero-order valence-electron chi connectivity index (χ0n) is 16.9. The van der Waals surface area contributed by atoms with Crippen LogP contribution in [0.3, 0.4) is 0 Å². The fourth-order valence-corrected chi connectivity index (χ4v) is 2.52. The average molecular weight is 427 g/mol. The number of ether oxygens (including phenoxy) is 6. The maximum Gasteiger partial charge on any atom is 0.408 e. The predicted molar refractivity (Wildman–Crippen MR) is 104 cm³/mol. The van der Waals surface area contributed by atoms with E-state index in [1.165, 1.54) is 0 Å². The summed E-state index contributed by atoms with van der Waals surface area (Å²) in [6.07, 6.45) is -0.882. The molecular weight excluding hydrogens is 398 g/mol. The maximum absolute atomic E-state index is 12.3. The Morgan fingerprint density at radius 3 is 1.77 bits per heavy atom. The van der Waals surface area contributed by atoms with E-state index in [1.807, 2.05) is 18.2 Å². The predicted octanol–water partition coefficient (Wildman–Crippen LogP) is 0.833. The monoisotopic (exact) mass is 427 g/mol. The van der Waals surface area contributed by atoms with E-state index in [1.54, 1.807) is 12.1 Å². The lowest BCUT2D eigenvalue weighted by atomic mass is 10.0. The van der Waals surface area contributed by atoms with Gasteiger partial charge in [-0.15, -0.1) is 0 Å². The lowest BCUT2D eigenvalue weighted by molar-refractivity contribution is -0.152. The molecule has 10 nitrogen and oxygen atoms in total. The van der Waals surface area contributed by atoms with E-state index < -0.39 is 17.6 Å². The molecule has 10 heteroatoms. The van der Waals surface area contributed by atoms with Crippen LogP contribution in [0.5, 0.6) is 0 Å². The maximum atomic E-state index is 12.3. The normalized spacial score (nSPS) is 19.5. The Kier molecular flexibility index (Phi) is 11.1. The van der Waals surface area contributed by atoms with Gasteiger partial charge in [0.25, 0.3) is 0 Å². The summed E-state index contributed by atoms with van der Waals surface area (Å²) in [5, 5.41) is 12.2. The molecule has 0 spiro atoms. The van der Waals surface area contributed by atoms with Crippen molar-refractivity contribution in [1.82, 2.24) is 5.32 Å². The van der Waals surface area contributed by atoms with Gasteiger partial charge in [-0.25, -0.2) is 9.59 Å². The summed E-state index contributed by atoms with van der Waals surface area (Å²) in [6.45, 7) is 1.82. The van der Waals surface area contributed by atoms with Gasteiger partial charge in [0, 0.05) is 0 Å². The molecule has 1 fully saturated rings. The van der Waals surface area contributed by atoms with Gasteiger partial charge in [-0.05, 0) is 5.56 Å². The van der Waals surface area contributed by atoms with E-state index in [0.717, 1.165) is 5.56 Å². The summed E-state index contributed by atoms with van der Waals surface area (Å²) in [5.41, 5.74) is -1.03. The molecule has 0 atom stereocenters. The van der Waals surface area contributed by atoms with Crippen molar-refractivity contribution in [3.05, 3.63) is 35.9 Å². The first-order chi connectivity index (χ1) is 14.6. The summed E-state index contributed by atoms with van der Waals surface area (Å²) in [7, 11) is 0. The molecular formula is C20H29NO9. The molecule has 1 aromatic carbocycles. The van der Waals surface area contributed by atoms with Gasteiger partial charge in [-0.2, -0.15) is 0 Å². The van der Waals surface area contributed by atoms with Crippen molar-refractivity contribution in [2.45, 2.75) is 12.1 Å². The summed E-state index contributed by atoms with van der Waals surface area (Å²) >= 11 is 0. The second-order valence-electron chi connectivity index (χ2n) is 6.52. The number of carboxylic acids is 1. The molecule has 1 heterocycles. The van der Waals surface area contributed by atoms with Crippen LogP contribution >= 0.6 is 0 Å². The molecule has 0 aromatic heterocycles. The van der Waals surface area contributed by atoms with E-state index in [4.69, 9.17) is 28.4 Å². The van der Waals surface area contributed by atoms with Crippen molar-refractivity contribution in [3.8, 4) is 0 Å². The van der Waals surface area contributed by atoms with Gasteiger partial charge >= 0.3 is 12.1 Å². The van der Waals surface area contributed by atoms with Crippen molar-refractivity contribution in [2.24, 2.45) is 0 Å². The van der Waals surface area contributed by atoms with Gasteiger partial charge in [0.1, 0.15) is 6.61 Å². The number of hydrogen-bond acceptors (Lipinski definition) is 8. The number of benzene rings is 1. The quantitative estimate of drug-likeness (QED) is 0.719. The molecule has 168 valence electrons. The Bertz CT molecular complexity index is 610. The Morgan fingerprint density at radius 2 is 1.30 bits per heavy atom. The minimum Gasteiger partial charge on any atom is -0.479 e. The van der Waals surface area contributed by atoms with Crippen molar-refractivity contribution in [2.75, 3.05) is 66.1 Å². The number of carbonyl (C=O) groups is 2. The molecule has 1 aromatic rings. The van der Waals surface area contributed by atoms with Crippen molar-refractivity contribution in [3.63, 3.8) is 0 Å². The molecule has 1 amide bonds. The van der Waals surface area contributed by atoms with E-state index >= 15 is 0 Å². The van der Waals surface area contributed by atoms with Crippen LogP contribution in [0.15, 0.2) is 30.3 Å². The fraction of sp³-hybridized carbons (Fsp3) is 0.600. The second kappa shape index (κ2) is 13.9. The number of nitrogens with one attached hydrogen (secondary N) is 1. The number of aliphatic carboxylic acids is 1. The summed E-state index contributed by atoms with van der Waals surface area (Å²) in [4.78, 5) is 24.3. The highest BCUT2D eigenvalue weighted by Crippen LogP contribution is 2.10. The van der Waals surface area contributed by atoms with Crippen LogP contribution in [0, 0.1) is 0 Å². The molecule has 0 radical (unpaired) electrons. The van der Waals surface area contributed by atoms with Crippen molar-refractivity contribution < 1.29 is 43.1 Å². The number of carbonyl (C=O) groups excluding carboxylic acids is 1. The molecule has 0 unspecified atom stereocenters. The van der Waals surface area contributed by atoms with Crippen LogP contribution in [-0.4, -0.2) is 88.8 Å². The van der Waals surface area contributed by atoms with Gasteiger partial charge in [0.05, 0.1) is 66.1 Å². The standard InChI is InChI=1S/C20H29NO9/c22-18(23)20(21-19(24)30-14-17-4-2-1-3-5-17)15-28-12-10-26-8-6-25-7-9-27-11-13-29-16-20/h1-5H,6-16H2,(H,21,24)(H,22,23). The van der Waals surface area contributed by atoms with Gasteiger partial charge in [-0.1, -0.05) is 30.3 Å². The van der Waals surface area contributed by atoms with Crippen LogP contribution in [0.4, 0.5) is 4.79 Å². The highest BCUT2D eigenvalue weighted by Gasteiger charge is 2.42. The minimum atomic E-state index is -1.81. The van der Waals surface area contributed by atoms with E-state index in [9.17, 15) is 14.7 Å². The van der Waals surface area contributed by atoms with Gasteiger partial charge < -0.3 is 38.8 Å². The molecule has 2 N–H and O–H groups in total. The molecule has 0 aliphatic carbocycles. The smallest absolute Gasteiger partial charge is 0.408 e.